The van der Waals surface area contributed by atoms with E-state index >= 15 is 0 Å². The molecule has 1 aliphatic rings. The summed E-state index contributed by atoms with van der Waals surface area (Å²) in [5.74, 6) is -1.45. The second-order valence-electron chi connectivity index (χ2n) is 6.18. The molecule has 3 amide bonds. The molecule has 1 aliphatic heterocycles. The summed E-state index contributed by atoms with van der Waals surface area (Å²) < 4.78 is 43.8. The van der Waals surface area contributed by atoms with Gasteiger partial charge in [-0.15, -0.1) is 11.3 Å². The Hall–Kier alpha value is -2.79. The third-order valence-electron chi connectivity index (χ3n) is 4.01. The molecule has 0 atom stereocenters. The summed E-state index contributed by atoms with van der Waals surface area (Å²) in [6.07, 6.45) is -3.04. The number of methoxy groups -OCH3 is 1. The smallest absolute Gasteiger partial charge is 0.416 e. The van der Waals surface area contributed by atoms with E-state index in [1.807, 2.05) is 13.0 Å². The number of amides is 3. The molecular weight excluding hydrogens is 441 g/mol. The van der Waals surface area contributed by atoms with Crippen molar-refractivity contribution in [3.63, 3.8) is 0 Å². The summed E-state index contributed by atoms with van der Waals surface area (Å²) in [5.41, 5.74) is -1.19. The molecule has 0 unspecified atom stereocenters. The first-order valence-corrected chi connectivity index (χ1v) is 10.1. The Bertz CT molecular complexity index is 1050. The Morgan fingerprint density at radius 3 is 2.57 bits per heavy atom. The molecule has 1 aromatic carbocycles. The minimum absolute atomic E-state index is 0.0125. The fourth-order valence-corrected chi connectivity index (χ4v) is 4.34. The van der Waals surface area contributed by atoms with E-state index in [9.17, 15) is 27.6 Å². The summed E-state index contributed by atoms with van der Waals surface area (Å²) in [4.78, 5) is 39.7. The molecule has 11 heteroatoms. The average Bonchev–Trinajstić information content (AvgIpc) is 3.19. The Balaban J connectivity index is 1.74. The lowest BCUT2D eigenvalue weighted by molar-refractivity contribution is -0.137. The number of nitrogens with one attached hydrogen (secondary N) is 1. The van der Waals surface area contributed by atoms with Gasteiger partial charge in [-0.05, 0) is 55.1 Å². The van der Waals surface area contributed by atoms with Crippen molar-refractivity contribution in [1.29, 1.82) is 0 Å². The Kier molecular flexibility index (Phi) is 6.22. The standard InChI is InChI=1S/C19H15F3N2O4S2/c1-10-3-5-12(29-10)8-15-17(26)24(18(27)30-15)9-16(25)23-13-7-11(19(20,21)22)4-6-14(13)28-2/h3-8H,9H2,1-2H3,(H,23,25)/b15-8-. The van der Waals surface area contributed by atoms with Gasteiger partial charge in [0.2, 0.25) is 5.91 Å². The van der Waals surface area contributed by atoms with Crippen LogP contribution in [0.5, 0.6) is 5.75 Å². The highest BCUT2D eigenvalue weighted by molar-refractivity contribution is 8.18. The van der Waals surface area contributed by atoms with E-state index in [0.29, 0.717) is 11.8 Å². The van der Waals surface area contributed by atoms with Gasteiger partial charge in [-0.2, -0.15) is 13.2 Å². The second-order valence-corrected chi connectivity index (χ2v) is 8.49. The van der Waals surface area contributed by atoms with E-state index in [0.717, 1.165) is 32.9 Å². The van der Waals surface area contributed by atoms with E-state index < -0.39 is 35.3 Å². The fourth-order valence-electron chi connectivity index (χ4n) is 2.61. The van der Waals surface area contributed by atoms with Crippen LogP contribution in [0.15, 0.2) is 35.2 Å². The SMILES string of the molecule is COc1ccc(C(F)(F)F)cc1NC(=O)CN1C(=O)S/C(=C\c2ccc(C)s2)C1=O. The van der Waals surface area contributed by atoms with Crippen LogP contribution in [0.4, 0.5) is 23.7 Å². The van der Waals surface area contributed by atoms with Crippen LogP contribution >= 0.6 is 23.1 Å². The van der Waals surface area contributed by atoms with Crippen molar-refractivity contribution < 1.29 is 32.3 Å². The van der Waals surface area contributed by atoms with Crippen molar-refractivity contribution in [2.45, 2.75) is 13.1 Å². The highest BCUT2D eigenvalue weighted by Gasteiger charge is 2.37. The number of thioether (sulfide) groups is 1. The summed E-state index contributed by atoms with van der Waals surface area (Å²) >= 11 is 2.14. The summed E-state index contributed by atoms with van der Waals surface area (Å²) in [5, 5.41) is 1.64. The maximum absolute atomic E-state index is 12.9. The number of aryl methyl sites for hydroxylation is 1. The number of benzene rings is 1. The van der Waals surface area contributed by atoms with Crippen LogP contribution in [-0.4, -0.2) is 35.6 Å². The molecule has 0 saturated carbocycles. The monoisotopic (exact) mass is 456 g/mol. The molecule has 158 valence electrons. The van der Waals surface area contributed by atoms with Gasteiger partial charge in [0.1, 0.15) is 12.3 Å². The first-order chi connectivity index (χ1) is 14.1. The number of halogens is 3. The van der Waals surface area contributed by atoms with Crippen molar-refractivity contribution in [1.82, 2.24) is 4.90 Å². The number of rotatable bonds is 5. The number of carbonyl (C=O) groups is 3. The maximum Gasteiger partial charge on any atom is 0.416 e. The molecule has 1 aromatic heterocycles. The Labute approximate surface area is 177 Å². The lowest BCUT2D eigenvalue weighted by Gasteiger charge is -2.16. The zero-order valence-corrected chi connectivity index (χ0v) is 17.3. The molecule has 30 heavy (non-hydrogen) atoms. The zero-order chi connectivity index (χ0) is 22.1. The summed E-state index contributed by atoms with van der Waals surface area (Å²) in [7, 11) is 1.24. The van der Waals surface area contributed by atoms with E-state index in [4.69, 9.17) is 4.74 Å². The number of thiophene rings is 1. The third-order valence-corrected chi connectivity index (χ3v) is 5.87. The third kappa shape index (κ3) is 4.85. The van der Waals surface area contributed by atoms with Crippen molar-refractivity contribution >= 4 is 51.9 Å². The highest BCUT2D eigenvalue weighted by atomic mass is 32.2. The molecule has 1 saturated heterocycles. The average molecular weight is 456 g/mol. The molecule has 3 rings (SSSR count). The van der Waals surface area contributed by atoms with Gasteiger partial charge in [0, 0.05) is 9.75 Å². The zero-order valence-electron chi connectivity index (χ0n) is 15.7. The second kappa shape index (κ2) is 8.52. The number of hydrogen-bond acceptors (Lipinski definition) is 6. The van der Waals surface area contributed by atoms with Gasteiger partial charge in [-0.25, -0.2) is 0 Å². The number of hydrogen-bond donors (Lipinski definition) is 1. The predicted octanol–water partition coefficient (Wildman–Crippen LogP) is 4.76. The van der Waals surface area contributed by atoms with Crippen LogP contribution in [-0.2, 0) is 15.8 Å². The molecule has 1 N–H and O–H groups in total. The van der Waals surface area contributed by atoms with Crippen LogP contribution in [0.25, 0.3) is 6.08 Å². The maximum atomic E-state index is 12.9. The van der Waals surface area contributed by atoms with Gasteiger partial charge in [-0.1, -0.05) is 0 Å². The predicted molar refractivity (Wildman–Crippen MR) is 108 cm³/mol. The lowest BCUT2D eigenvalue weighted by atomic mass is 10.1. The Morgan fingerprint density at radius 1 is 1.23 bits per heavy atom. The molecular formula is C19H15F3N2O4S2. The van der Waals surface area contributed by atoms with Gasteiger partial charge in [0.15, 0.2) is 0 Å². The molecule has 0 aliphatic carbocycles. The van der Waals surface area contributed by atoms with Crippen molar-refractivity contribution in [2.24, 2.45) is 0 Å². The molecule has 0 bridgehead atoms. The minimum atomic E-state index is -4.61. The first kappa shape index (κ1) is 21.9. The van der Waals surface area contributed by atoms with Crippen molar-refractivity contribution in [3.05, 3.63) is 50.6 Å². The van der Waals surface area contributed by atoms with E-state index in [1.165, 1.54) is 18.4 Å². The number of ether oxygens (including phenoxy) is 1. The lowest BCUT2D eigenvalue weighted by Crippen LogP contribution is -2.36. The topological polar surface area (TPSA) is 75.7 Å². The van der Waals surface area contributed by atoms with Gasteiger partial charge in [-0.3, -0.25) is 19.3 Å². The molecule has 0 spiro atoms. The normalized spacial score (nSPS) is 15.8. The summed E-state index contributed by atoms with van der Waals surface area (Å²) in [6.45, 7) is 1.27. The van der Waals surface area contributed by atoms with Gasteiger partial charge in [0.25, 0.3) is 11.1 Å². The van der Waals surface area contributed by atoms with Crippen molar-refractivity contribution in [2.75, 3.05) is 19.0 Å². The summed E-state index contributed by atoms with van der Waals surface area (Å²) in [6, 6.07) is 6.30. The van der Waals surface area contributed by atoms with Crippen molar-refractivity contribution in [3.8, 4) is 5.75 Å². The largest absolute Gasteiger partial charge is 0.495 e. The fraction of sp³-hybridized carbons (Fsp3) is 0.211. The quantitative estimate of drug-likeness (QED) is 0.657. The Morgan fingerprint density at radius 2 is 1.97 bits per heavy atom. The van der Waals surface area contributed by atoms with Crippen LogP contribution in [0.1, 0.15) is 15.3 Å². The van der Waals surface area contributed by atoms with Crippen LogP contribution in [0, 0.1) is 6.92 Å². The minimum Gasteiger partial charge on any atom is -0.495 e. The molecule has 1 fully saturated rings. The van der Waals surface area contributed by atoms with Gasteiger partial charge in [0.05, 0.1) is 23.3 Å². The van der Waals surface area contributed by atoms with Gasteiger partial charge >= 0.3 is 6.18 Å². The van der Waals surface area contributed by atoms with E-state index in [2.05, 4.69) is 5.32 Å². The number of imide groups is 1. The number of carbonyl (C=O) groups excluding carboxylic acids is 3. The number of nitrogens with zero attached hydrogens (tertiary/aromatic N) is 1. The molecule has 6 nitrogen and oxygen atoms in total. The molecule has 2 aromatic rings. The van der Waals surface area contributed by atoms with E-state index in [-0.39, 0.29) is 16.3 Å². The van der Waals surface area contributed by atoms with Crippen LogP contribution in [0.2, 0.25) is 0 Å². The number of anilines is 1. The molecule has 2 heterocycles. The number of alkyl halides is 3. The van der Waals surface area contributed by atoms with Crippen LogP contribution < -0.4 is 10.1 Å². The molecule has 0 radical (unpaired) electrons. The van der Waals surface area contributed by atoms with Crippen LogP contribution in [0.3, 0.4) is 0 Å². The van der Waals surface area contributed by atoms with Gasteiger partial charge < -0.3 is 10.1 Å². The highest BCUT2D eigenvalue weighted by Crippen LogP contribution is 2.36. The first-order valence-electron chi connectivity index (χ1n) is 8.45. The van der Waals surface area contributed by atoms with E-state index in [1.54, 1.807) is 12.1 Å².